The van der Waals surface area contributed by atoms with E-state index < -0.39 is 0 Å². The summed E-state index contributed by atoms with van der Waals surface area (Å²) in [5.41, 5.74) is 3.24. The number of thioether (sulfide) groups is 1. The Hall–Kier alpha value is -2.12. The van der Waals surface area contributed by atoms with E-state index in [1.165, 1.54) is 134 Å². The molecule has 56 heavy (non-hydrogen) atoms. The molecule has 312 valence electrons. The van der Waals surface area contributed by atoms with Crippen LogP contribution in [0.1, 0.15) is 167 Å². The number of carbonyl (C=O) groups is 1. The number of carbonyl (C=O) groups excluding carboxylic acids is 1. The summed E-state index contributed by atoms with van der Waals surface area (Å²) >= 11 is 2.17. The van der Waals surface area contributed by atoms with Crippen LogP contribution >= 0.6 is 11.8 Å². The van der Waals surface area contributed by atoms with E-state index in [0.29, 0.717) is 17.2 Å². The first kappa shape index (κ1) is 42.0. The zero-order valence-electron chi connectivity index (χ0n) is 35.4. The lowest BCUT2D eigenvalue weighted by atomic mass is 9.53. The molecule has 0 spiro atoms. The van der Waals surface area contributed by atoms with Crippen LogP contribution in [0.3, 0.4) is 0 Å². The number of amides is 1. The van der Waals surface area contributed by atoms with Crippen molar-refractivity contribution in [3.63, 3.8) is 0 Å². The molecule has 4 aliphatic carbocycles. The van der Waals surface area contributed by atoms with Crippen LogP contribution in [0.4, 0.5) is 10.5 Å². The van der Waals surface area contributed by atoms with Crippen molar-refractivity contribution in [1.82, 2.24) is 10.2 Å². The van der Waals surface area contributed by atoms with Gasteiger partial charge in [-0.3, -0.25) is 4.90 Å². The standard InChI is InChI=1S/C49H77N3O3S/c1-4-6-7-8-9-10-11-12-13-14-15-16-17-18-19-20-25-56-46-30-40-29-45(52(46)35-39(40)5-2)47(42-23-24-50-44-22-21-41(54-3)31-43(42)44)55-48(53)51-49-32-36-26-37(33-49)28-38(27-36)34-49/h5,21-23,31,36-40,45-47,50H,2,4,6-20,24-30,32-35H2,1,3H3,(H,51,53)/t36?,37?,38?,39-,40-,45+,46?,47-,49?/m0/s1. The Labute approximate surface area is 345 Å². The average molecular weight is 788 g/mol. The molecule has 6 nitrogen and oxygen atoms in total. The summed E-state index contributed by atoms with van der Waals surface area (Å²) in [4.78, 5) is 17.0. The Morgan fingerprint density at radius 2 is 1.50 bits per heavy atom. The number of benzene rings is 1. The second-order valence-electron chi connectivity index (χ2n) is 19.1. The summed E-state index contributed by atoms with van der Waals surface area (Å²) in [5.74, 6) is 5.41. The molecule has 7 heteroatoms. The molecule has 7 fully saturated rings. The zero-order chi connectivity index (χ0) is 38.7. The van der Waals surface area contributed by atoms with Gasteiger partial charge in [0.15, 0.2) is 0 Å². The Morgan fingerprint density at radius 1 is 0.893 bits per heavy atom. The number of anilines is 1. The Morgan fingerprint density at radius 3 is 2.07 bits per heavy atom. The van der Waals surface area contributed by atoms with E-state index in [9.17, 15) is 4.79 Å². The summed E-state index contributed by atoms with van der Waals surface area (Å²) in [5, 5.41) is 7.60. The normalized spacial score (nSPS) is 31.6. The minimum atomic E-state index is -0.343. The molecule has 8 aliphatic rings. The van der Waals surface area contributed by atoms with Gasteiger partial charge in [0.05, 0.1) is 18.5 Å². The number of unbranched alkanes of at least 4 members (excludes halogenated alkanes) is 15. The molecule has 2 unspecified atom stereocenters. The third-order valence-electron chi connectivity index (χ3n) is 14.9. The minimum Gasteiger partial charge on any atom is -0.497 e. The molecule has 0 aromatic heterocycles. The topological polar surface area (TPSA) is 62.8 Å². The molecule has 1 amide bonds. The summed E-state index contributed by atoms with van der Waals surface area (Å²) in [7, 11) is 1.73. The van der Waals surface area contributed by atoms with Gasteiger partial charge in [0.25, 0.3) is 0 Å². The summed E-state index contributed by atoms with van der Waals surface area (Å²) in [6.45, 7) is 8.31. The van der Waals surface area contributed by atoms with Crippen molar-refractivity contribution in [3.8, 4) is 5.75 Å². The molecule has 4 aliphatic heterocycles. The van der Waals surface area contributed by atoms with Crippen LogP contribution in [0.25, 0.3) is 5.57 Å². The van der Waals surface area contributed by atoms with E-state index in [4.69, 9.17) is 9.47 Å². The van der Waals surface area contributed by atoms with Gasteiger partial charge in [-0.1, -0.05) is 115 Å². The predicted octanol–water partition coefficient (Wildman–Crippen LogP) is 12.8. The first-order valence-electron chi connectivity index (χ1n) is 23.6. The van der Waals surface area contributed by atoms with Crippen LogP contribution in [0.2, 0.25) is 0 Å². The van der Waals surface area contributed by atoms with Crippen molar-refractivity contribution in [2.75, 3.05) is 31.3 Å². The van der Waals surface area contributed by atoms with Gasteiger partial charge >= 0.3 is 6.09 Å². The third-order valence-corrected chi connectivity index (χ3v) is 16.3. The second-order valence-corrected chi connectivity index (χ2v) is 20.4. The van der Waals surface area contributed by atoms with Crippen molar-refractivity contribution in [2.45, 2.75) is 184 Å². The van der Waals surface area contributed by atoms with E-state index in [1.54, 1.807) is 7.11 Å². The van der Waals surface area contributed by atoms with Gasteiger partial charge in [0.1, 0.15) is 11.9 Å². The maximum atomic E-state index is 14.3. The highest BCUT2D eigenvalue weighted by atomic mass is 32.2. The number of ether oxygens (including phenoxy) is 2. The van der Waals surface area contributed by atoms with Crippen LogP contribution in [0.5, 0.6) is 5.75 Å². The number of nitrogens with one attached hydrogen (secondary N) is 2. The number of nitrogens with zero attached hydrogens (tertiary/aromatic N) is 1. The summed E-state index contributed by atoms with van der Waals surface area (Å²) in [6.07, 6.45) is 36.1. The number of alkyl carbamates (subject to hydrolysis) is 1. The van der Waals surface area contributed by atoms with E-state index in [2.05, 4.69) is 65.1 Å². The van der Waals surface area contributed by atoms with Crippen LogP contribution < -0.4 is 15.4 Å². The fraction of sp³-hybridized carbons (Fsp3) is 0.776. The molecule has 2 N–H and O–H groups in total. The van der Waals surface area contributed by atoms with Crippen molar-refractivity contribution in [1.29, 1.82) is 0 Å². The highest BCUT2D eigenvalue weighted by molar-refractivity contribution is 7.99. The Balaban J connectivity index is 0.924. The van der Waals surface area contributed by atoms with Crippen LogP contribution in [-0.4, -0.2) is 60.0 Å². The van der Waals surface area contributed by atoms with E-state index in [-0.39, 0.29) is 23.8 Å². The highest BCUT2D eigenvalue weighted by Crippen LogP contribution is 2.56. The summed E-state index contributed by atoms with van der Waals surface area (Å²) in [6, 6.07) is 6.41. The second kappa shape index (κ2) is 20.7. The molecule has 4 heterocycles. The quantitative estimate of drug-likeness (QED) is 0.0804. The fourth-order valence-corrected chi connectivity index (χ4v) is 13.9. The molecule has 9 rings (SSSR count). The molecule has 1 aromatic rings. The maximum Gasteiger partial charge on any atom is 0.408 e. The number of piperidine rings is 3. The number of methoxy groups -OCH3 is 1. The van der Waals surface area contributed by atoms with Gasteiger partial charge in [0, 0.05) is 35.5 Å². The molecule has 1 aromatic carbocycles. The average Bonchev–Trinajstić information content (AvgIpc) is 3.20. The predicted molar refractivity (Wildman–Crippen MR) is 236 cm³/mol. The van der Waals surface area contributed by atoms with Crippen LogP contribution in [-0.2, 0) is 4.74 Å². The number of hydrogen-bond acceptors (Lipinski definition) is 6. The third kappa shape index (κ3) is 10.7. The van der Waals surface area contributed by atoms with Crippen molar-refractivity contribution in [2.24, 2.45) is 29.6 Å². The van der Waals surface area contributed by atoms with Gasteiger partial charge in [-0.15, -0.1) is 18.3 Å². The molecule has 6 bridgehead atoms. The highest BCUT2D eigenvalue weighted by Gasteiger charge is 2.53. The molecule has 3 saturated heterocycles. The molecule has 4 saturated carbocycles. The van der Waals surface area contributed by atoms with Gasteiger partial charge in [-0.25, -0.2) is 4.79 Å². The number of fused-ring (bicyclic) bond motifs is 4. The van der Waals surface area contributed by atoms with E-state index in [1.807, 2.05) is 6.07 Å². The first-order chi connectivity index (χ1) is 27.5. The lowest BCUT2D eigenvalue weighted by Gasteiger charge is -2.57. The first-order valence-corrected chi connectivity index (χ1v) is 24.6. The minimum absolute atomic E-state index is 0.0782. The molecular weight excluding hydrogens is 711 g/mol. The number of rotatable bonds is 24. The monoisotopic (exact) mass is 788 g/mol. The van der Waals surface area contributed by atoms with Gasteiger partial charge in [0.2, 0.25) is 0 Å². The lowest BCUT2D eigenvalue weighted by Crippen LogP contribution is -2.63. The smallest absolute Gasteiger partial charge is 0.408 e. The van der Waals surface area contributed by atoms with Gasteiger partial charge < -0.3 is 20.1 Å². The molecular formula is C49H77N3O3S. The van der Waals surface area contributed by atoms with Gasteiger partial charge in [-0.05, 0) is 111 Å². The molecule has 6 atom stereocenters. The van der Waals surface area contributed by atoms with Crippen molar-refractivity contribution in [3.05, 3.63) is 42.5 Å². The van der Waals surface area contributed by atoms with Crippen molar-refractivity contribution < 1.29 is 14.3 Å². The summed E-state index contributed by atoms with van der Waals surface area (Å²) < 4.78 is 12.6. The number of hydrogen-bond donors (Lipinski definition) is 2. The Bertz CT molecular complexity index is 1410. The largest absolute Gasteiger partial charge is 0.497 e. The van der Waals surface area contributed by atoms with Crippen LogP contribution in [0.15, 0.2) is 36.9 Å². The lowest BCUT2D eigenvalue weighted by molar-refractivity contribution is -0.0490. The van der Waals surface area contributed by atoms with Crippen LogP contribution in [0, 0.1) is 29.6 Å². The van der Waals surface area contributed by atoms with Gasteiger partial charge in [-0.2, -0.15) is 0 Å². The maximum absolute atomic E-state index is 14.3. The Kier molecular flexibility index (Phi) is 15.5. The zero-order valence-corrected chi connectivity index (χ0v) is 36.2. The SMILES string of the molecule is C=C[C@H]1CN2C(SCCCCCCCCCCCCCCCCCC)C[C@@H]1C[C@@H]2[C@@H](OC(=O)NC12CC3CC(CC(C3)C1)C2)C1=CCNc2ccc(OC)cc21. The van der Waals surface area contributed by atoms with Crippen molar-refractivity contribution >= 4 is 29.1 Å². The fourth-order valence-electron chi connectivity index (χ4n) is 12.4. The van der Waals surface area contributed by atoms with E-state index >= 15 is 0 Å². The molecule has 0 radical (unpaired) electrons. The van der Waals surface area contributed by atoms with E-state index in [0.717, 1.165) is 79.1 Å².